The minimum atomic E-state index is -0.521. The van der Waals surface area contributed by atoms with Gasteiger partial charge in [-0.05, 0) is 57.2 Å². The maximum atomic E-state index is 11.0. The lowest BCUT2D eigenvalue weighted by atomic mass is 9.69. The van der Waals surface area contributed by atoms with E-state index in [4.69, 9.17) is 4.98 Å². The first-order valence-electron chi connectivity index (χ1n) is 9.75. The maximum absolute atomic E-state index is 11.0. The van der Waals surface area contributed by atoms with Gasteiger partial charge < -0.3 is 10.0 Å². The Morgan fingerprint density at radius 1 is 1.19 bits per heavy atom. The minimum absolute atomic E-state index is 0.330. The van der Waals surface area contributed by atoms with Crippen molar-refractivity contribution in [3.63, 3.8) is 0 Å². The Kier molecular flexibility index (Phi) is 4.43. The van der Waals surface area contributed by atoms with Crippen molar-refractivity contribution in [2.75, 3.05) is 18.0 Å². The van der Waals surface area contributed by atoms with Crippen LogP contribution < -0.4 is 4.90 Å². The van der Waals surface area contributed by atoms with Crippen molar-refractivity contribution in [3.05, 3.63) is 35.8 Å². The van der Waals surface area contributed by atoms with Gasteiger partial charge in [0, 0.05) is 42.2 Å². The summed E-state index contributed by atoms with van der Waals surface area (Å²) in [6.07, 6.45) is 5.91. The van der Waals surface area contributed by atoms with Gasteiger partial charge in [-0.25, -0.2) is 9.97 Å². The third-order valence-corrected chi connectivity index (χ3v) is 6.35. The molecule has 5 nitrogen and oxygen atoms in total. The van der Waals surface area contributed by atoms with Crippen LogP contribution in [0, 0.1) is 25.7 Å². The van der Waals surface area contributed by atoms with Crippen molar-refractivity contribution >= 4 is 5.95 Å². The van der Waals surface area contributed by atoms with Crippen molar-refractivity contribution < 1.29 is 5.11 Å². The van der Waals surface area contributed by atoms with Crippen LogP contribution in [0.5, 0.6) is 0 Å². The lowest BCUT2D eigenvalue weighted by Crippen LogP contribution is -2.44. The van der Waals surface area contributed by atoms with E-state index in [2.05, 4.69) is 27.9 Å². The molecule has 1 aliphatic carbocycles. The normalized spacial score (nSPS) is 28.2. The number of rotatable bonds is 3. The topological polar surface area (TPSA) is 62.1 Å². The molecule has 0 amide bonds. The molecule has 1 N–H and O–H groups in total. The van der Waals surface area contributed by atoms with E-state index in [-0.39, 0.29) is 0 Å². The van der Waals surface area contributed by atoms with Crippen molar-refractivity contribution in [2.45, 2.75) is 52.1 Å². The Bertz CT molecular complexity index is 808. The fraction of sp³-hybridized carbons (Fsp3) is 0.571. The zero-order chi connectivity index (χ0) is 18.3. The Morgan fingerprint density at radius 2 is 2.04 bits per heavy atom. The van der Waals surface area contributed by atoms with Crippen LogP contribution in [-0.4, -0.2) is 38.7 Å². The summed E-state index contributed by atoms with van der Waals surface area (Å²) in [7, 11) is 0. The van der Waals surface area contributed by atoms with E-state index in [1.165, 1.54) is 6.42 Å². The molecule has 0 spiro atoms. The van der Waals surface area contributed by atoms with Crippen LogP contribution in [0.15, 0.2) is 24.4 Å². The van der Waals surface area contributed by atoms with Crippen LogP contribution in [0.2, 0.25) is 0 Å². The highest BCUT2D eigenvalue weighted by atomic mass is 16.3. The van der Waals surface area contributed by atoms with Crippen LogP contribution in [0.1, 0.15) is 44.0 Å². The van der Waals surface area contributed by atoms with Gasteiger partial charge in [-0.2, -0.15) is 0 Å². The molecule has 1 saturated carbocycles. The van der Waals surface area contributed by atoms with E-state index in [9.17, 15) is 5.11 Å². The summed E-state index contributed by atoms with van der Waals surface area (Å²) in [6.45, 7) is 7.93. The fourth-order valence-corrected chi connectivity index (χ4v) is 4.84. The van der Waals surface area contributed by atoms with Gasteiger partial charge in [0.1, 0.15) is 0 Å². The van der Waals surface area contributed by atoms with E-state index in [1.54, 1.807) is 0 Å². The van der Waals surface area contributed by atoms with Crippen LogP contribution in [0.4, 0.5) is 5.95 Å². The van der Waals surface area contributed by atoms with Gasteiger partial charge in [0.2, 0.25) is 5.95 Å². The molecule has 0 aromatic carbocycles. The predicted molar refractivity (Wildman–Crippen MR) is 103 cm³/mol. The highest BCUT2D eigenvalue weighted by Gasteiger charge is 2.48. The number of nitrogens with zero attached hydrogens (tertiary/aromatic N) is 4. The smallest absolute Gasteiger partial charge is 0.225 e. The second-order valence-electron chi connectivity index (χ2n) is 7.95. The third-order valence-electron chi connectivity index (χ3n) is 6.35. The van der Waals surface area contributed by atoms with Gasteiger partial charge >= 0.3 is 0 Å². The quantitative estimate of drug-likeness (QED) is 0.915. The van der Waals surface area contributed by atoms with Crippen molar-refractivity contribution in [2.24, 2.45) is 11.8 Å². The molecule has 2 aromatic heterocycles. The van der Waals surface area contributed by atoms with Gasteiger partial charge in [0.15, 0.2) is 0 Å². The average Bonchev–Trinajstić information content (AvgIpc) is 3.08. The molecule has 0 bridgehead atoms. The van der Waals surface area contributed by atoms with Gasteiger partial charge in [0.05, 0.1) is 11.3 Å². The summed E-state index contributed by atoms with van der Waals surface area (Å²) in [5, 5.41) is 11.0. The first-order chi connectivity index (χ1) is 12.5. The number of anilines is 1. The van der Waals surface area contributed by atoms with E-state index < -0.39 is 5.60 Å². The summed E-state index contributed by atoms with van der Waals surface area (Å²) in [6, 6.07) is 6.06. The number of hydrogen-bond donors (Lipinski definition) is 1. The van der Waals surface area contributed by atoms with E-state index >= 15 is 0 Å². The first kappa shape index (κ1) is 17.4. The molecular weight excluding hydrogens is 324 g/mol. The molecule has 5 heteroatoms. The lowest BCUT2D eigenvalue weighted by Gasteiger charge is -2.40. The van der Waals surface area contributed by atoms with Gasteiger partial charge in [-0.15, -0.1) is 0 Å². The number of pyridine rings is 1. The van der Waals surface area contributed by atoms with Gasteiger partial charge in [0.25, 0.3) is 0 Å². The standard InChI is InChI=1S/C21H28N4O/c1-4-21(26)10-5-6-16-12-25(13-18(16)21)20-22-11-9-19(24-20)17-8-7-14(2)23-15(17)3/h7-9,11,16,18,26H,4-6,10,12-13H2,1-3H3/t16-,18+,21-/m0/s1. The fourth-order valence-electron chi connectivity index (χ4n) is 4.84. The van der Waals surface area contributed by atoms with Gasteiger partial charge in [-0.3, -0.25) is 4.98 Å². The summed E-state index contributed by atoms with van der Waals surface area (Å²) >= 11 is 0. The zero-order valence-electron chi connectivity index (χ0n) is 15.9. The highest BCUT2D eigenvalue weighted by Crippen LogP contribution is 2.44. The second-order valence-corrected chi connectivity index (χ2v) is 7.95. The molecular formula is C21H28N4O. The first-order valence-corrected chi connectivity index (χ1v) is 9.75. The van der Waals surface area contributed by atoms with Crippen LogP contribution >= 0.6 is 0 Å². The lowest BCUT2D eigenvalue weighted by molar-refractivity contribution is -0.0597. The molecule has 26 heavy (non-hydrogen) atoms. The summed E-state index contributed by atoms with van der Waals surface area (Å²) in [4.78, 5) is 16.2. The van der Waals surface area contributed by atoms with Crippen LogP contribution in [-0.2, 0) is 0 Å². The number of aliphatic hydroxyl groups is 1. The van der Waals surface area contributed by atoms with E-state index in [0.717, 1.165) is 60.9 Å². The number of hydrogen-bond acceptors (Lipinski definition) is 5. The third kappa shape index (κ3) is 2.98. The molecule has 2 aromatic rings. The summed E-state index contributed by atoms with van der Waals surface area (Å²) in [5.74, 6) is 1.65. The second kappa shape index (κ2) is 6.62. The largest absolute Gasteiger partial charge is 0.390 e. The molecule has 2 fully saturated rings. The Labute approximate surface area is 155 Å². The molecule has 1 saturated heterocycles. The Hall–Kier alpha value is -2.01. The molecule has 1 aliphatic heterocycles. The highest BCUT2D eigenvalue weighted by molar-refractivity contribution is 5.62. The summed E-state index contributed by atoms with van der Waals surface area (Å²) < 4.78 is 0. The molecule has 138 valence electrons. The Morgan fingerprint density at radius 3 is 2.81 bits per heavy atom. The van der Waals surface area contributed by atoms with E-state index in [1.807, 2.05) is 32.2 Å². The molecule has 3 heterocycles. The van der Waals surface area contributed by atoms with Gasteiger partial charge in [-0.1, -0.05) is 13.3 Å². The van der Waals surface area contributed by atoms with Crippen LogP contribution in [0.3, 0.4) is 0 Å². The average molecular weight is 352 g/mol. The minimum Gasteiger partial charge on any atom is -0.390 e. The maximum Gasteiger partial charge on any atom is 0.225 e. The Balaban J connectivity index is 1.62. The van der Waals surface area contributed by atoms with E-state index in [0.29, 0.717) is 11.8 Å². The molecule has 3 atom stereocenters. The SMILES string of the molecule is CC[C@]1(O)CCC[C@H]2CN(c3nccc(-c4ccc(C)nc4C)n3)C[C@H]21. The van der Waals surface area contributed by atoms with Crippen molar-refractivity contribution in [1.29, 1.82) is 0 Å². The zero-order valence-corrected chi connectivity index (χ0v) is 15.9. The molecule has 4 rings (SSSR count). The summed E-state index contributed by atoms with van der Waals surface area (Å²) in [5.41, 5.74) is 3.46. The number of aromatic nitrogens is 3. The monoisotopic (exact) mass is 352 g/mol. The van der Waals surface area contributed by atoms with Crippen molar-refractivity contribution in [3.8, 4) is 11.3 Å². The number of aryl methyl sites for hydroxylation is 2. The molecule has 0 radical (unpaired) electrons. The number of fused-ring (bicyclic) bond motifs is 1. The van der Waals surface area contributed by atoms with Crippen LogP contribution in [0.25, 0.3) is 11.3 Å². The predicted octanol–water partition coefficient (Wildman–Crippen LogP) is 3.53. The molecule has 0 unspecified atom stereocenters. The van der Waals surface area contributed by atoms with Crippen molar-refractivity contribution in [1.82, 2.24) is 15.0 Å². The molecule has 2 aliphatic rings.